The number of benzene rings is 8. The van der Waals surface area contributed by atoms with Gasteiger partial charge in [-0.2, -0.15) is 0 Å². The maximum Gasteiger partial charge on any atom is 0.137 e. The van der Waals surface area contributed by atoms with Crippen LogP contribution in [0.25, 0.3) is 77.2 Å². The van der Waals surface area contributed by atoms with Gasteiger partial charge in [-0.15, -0.1) is 0 Å². The molecule has 0 aliphatic carbocycles. The highest BCUT2D eigenvalue weighted by Crippen LogP contribution is 2.39. The molecular weight excluding hydrogens is 693 g/mol. The van der Waals surface area contributed by atoms with Crippen LogP contribution in [0.2, 0.25) is 0 Å². The Balaban J connectivity index is 0.945. The first-order valence-electron chi connectivity index (χ1n) is 19.4. The van der Waals surface area contributed by atoms with Gasteiger partial charge in [0.15, 0.2) is 0 Å². The summed E-state index contributed by atoms with van der Waals surface area (Å²) in [5, 5.41) is 4.98. The number of anilines is 3. The average molecular weight is 729 g/mol. The van der Waals surface area contributed by atoms with Gasteiger partial charge >= 0.3 is 0 Å². The highest BCUT2D eigenvalue weighted by atomic mass is 15.2. The number of aromatic nitrogens is 3. The van der Waals surface area contributed by atoms with E-state index in [4.69, 9.17) is 4.98 Å². The Morgan fingerprint density at radius 3 is 1.18 bits per heavy atom. The van der Waals surface area contributed by atoms with Gasteiger partial charge in [-0.3, -0.25) is 4.90 Å². The molecule has 4 heteroatoms. The molecule has 4 nitrogen and oxygen atoms in total. The van der Waals surface area contributed by atoms with Gasteiger partial charge in [-0.25, -0.2) is 4.98 Å². The molecule has 0 atom stereocenters. The van der Waals surface area contributed by atoms with E-state index < -0.39 is 0 Å². The van der Waals surface area contributed by atoms with E-state index in [0.717, 1.165) is 39.7 Å². The SMILES string of the molecule is c1ccc(-n2c3ccccc3c3cc(-c4ccc(N(c5ccc(-c6ccc7c(c6)c6ccccc6n7-c6ccccc6)cc5)c5ccccn5)cc4)ccc32)cc1. The van der Waals surface area contributed by atoms with Gasteiger partial charge in [0, 0.05) is 50.5 Å². The summed E-state index contributed by atoms with van der Waals surface area (Å²) in [6.45, 7) is 0. The Hall–Kier alpha value is -7.69. The van der Waals surface area contributed by atoms with Crippen molar-refractivity contribution in [3.63, 3.8) is 0 Å². The van der Waals surface area contributed by atoms with Crippen molar-refractivity contribution in [2.45, 2.75) is 0 Å². The lowest BCUT2D eigenvalue weighted by Gasteiger charge is -2.24. The molecule has 0 unspecified atom stereocenters. The van der Waals surface area contributed by atoms with E-state index in [0.29, 0.717) is 0 Å². The fourth-order valence-corrected chi connectivity index (χ4v) is 8.52. The minimum Gasteiger partial charge on any atom is -0.309 e. The van der Waals surface area contributed by atoms with E-state index >= 15 is 0 Å². The molecule has 3 aromatic heterocycles. The van der Waals surface area contributed by atoms with Crippen molar-refractivity contribution in [1.29, 1.82) is 0 Å². The molecule has 57 heavy (non-hydrogen) atoms. The molecule has 0 spiro atoms. The number of hydrogen-bond donors (Lipinski definition) is 0. The van der Waals surface area contributed by atoms with Crippen LogP contribution in [0.15, 0.2) is 219 Å². The fourth-order valence-electron chi connectivity index (χ4n) is 8.52. The Bertz CT molecular complexity index is 3000. The molecule has 0 radical (unpaired) electrons. The van der Waals surface area contributed by atoms with E-state index in [9.17, 15) is 0 Å². The Labute approximate surface area is 330 Å². The second-order valence-electron chi connectivity index (χ2n) is 14.5. The van der Waals surface area contributed by atoms with Crippen molar-refractivity contribution >= 4 is 60.8 Å². The van der Waals surface area contributed by atoms with Crippen LogP contribution in [0.4, 0.5) is 17.2 Å². The first-order chi connectivity index (χ1) is 28.3. The van der Waals surface area contributed by atoms with E-state index in [-0.39, 0.29) is 0 Å². The average Bonchev–Trinajstić information content (AvgIpc) is 3.80. The van der Waals surface area contributed by atoms with Crippen LogP contribution in [0.5, 0.6) is 0 Å². The van der Waals surface area contributed by atoms with Crippen LogP contribution >= 0.6 is 0 Å². The predicted octanol–water partition coefficient (Wildman–Crippen LogP) is 14.1. The molecule has 11 aromatic rings. The largest absolute Gasteiger partial charge is 0.309 e. The van der Waals surface area contributed by atoms with Crippen molar-refractivity contribution < 1.29 is 0 Å². The van der Waals surface area contributed by atoms with E-state index in [1.165, 1.54) is 54.7 Å². The van der Waals surface area contributed by atoms with Crippen LogP contribution in [0, 0.1) is 0 Å². The maximum absolute atomic E-state index is 4.80. The van der Waals surface area contributed by atoms with Crippen molar-refractivity contribution in [3.05, 3.63) is 219 Å². The summed E-state index contributed by atoms with van der Waals surface area (Å²) in [4.78, 5) is 7.02. The molecule has 3 heterocycles. The van der Waals surface area contributed by atoms with Crippen molar-refractivity contribution in [3.8, 4) is 33.6 Å². The third-order valence-electron chi connectivity index (χ3n) is 11.2. The minimum atomic E-state index is 0.864. The minimum absolute atomic E-state index is 0.864. The molecule has 11 rings (SSSR count). The Morgan fingerprint density at radius 2 is 0.719 bits per heavy atom. The lowest BCUT2D eigenvalue weighted by Crippen LogP contribution is -2.11. The fraction of sp³-hybridized carbons (Fsp3) is 0. The standard InChI is InChI=1S/C53H36N4/c1-3-13-41(14-4-1)56-49-19-9-7-17-45(49)47-35-39(26-32-51(47)56)37-22-28-43(29-23-37)55(53-21-11-12-34-54-53)44-30-24-38(25-31-44)40-27-33-52-48(36-40)46-18-8-10-20-50(46)57(52)42-15-5-2-6-16-42/h1-36H. The van der Waals surface area contributed by atoms with Crippen molar-refractivity contribution in [2.24, 2.45) is 0 Å². The number of rotatable bonds is 7. The number of pyridine rings is 1. The van der Waals surface area contributed by atoms with Crippen LogP contribution < -0.4 is 4.90 Å². The van der Waals surface area contributed by atoms with E-state index in [1.807, 2.05) is 18.3 Å². The summed E-state index contributed by atoms with van der Waals surface area (Å²) in [6, 6.07) is 76.0. The van der Waals surface area contributed by atoms with Gasteiger partial charge in [-0.05, 0) is 119 Å². The van der Waals surface area contributed by atoms with Crippen molar-refractivity contribution in [2.75, 3.05) is 4.90 Å². The number of nitrogens with zero attached hydrogens (tertiary/aromatic N) is 4. The van der Waals surface area contributed by atoms with Crippen LogP contribution in [0.1, 0.15) is 0 Å². The Kier molecular flexibility index (Phi) is 7.78. The molecule has 0 saturated heterocycles. The lowest BCUT2D eigenvalue weighted by molar-refractivity contribution is 1.18. The number of para-hydroxylation sites is 4. The van der Waals surface area contributed by atoms with Crippen molar-refractivity contribution in [1.82, 2.24) is 14.1 Å². The first-order valence-corrected chi connectivity index (χ1v) is 19.4. The second kappa shape index (κ2) is 13.6. The summed E-state index contributed by atoms with van der Waals surface area (Å²) in [5.41, 5.74) is 13.9. The maximum atomic E-state index is 4.80. The van der Waals surface area contributed by atoms with E-state index in [1.54, 1.807) is 0 Å². The highest BCUT2D eigenvalue weighted by molar-refractivity contribution is 6.11. The summed E-state index contributed by atoms with van der Waals surface area (Å²) < 4.78 is 4.71. The van der Waals surface area contributed by atoms with Gasteiger partial charge < -0.3 is 9.13 Å². The predicted molar refractivity (Wildman–Crippen MR) is 238 cm³/mol. The highest BCUT2D eigenvalue weighted by Gasteiger charge is 2.17. The van der Waals surface area contributed by atoms with Gasteiger partial charge in [-0.1, -0.05) is 115 Å². The molecule has 0 amide bonds. The summed E-state index contributed by atoms with van der Waals surface area (Å²) >= 11 is 0. The Morgan fingerprint density at radius 1 is 0.316 bits per heavy atom. The zero-order chi connectivity index (χ0) is 37.7. The van der Waals surface area contributed by atoms with Gasteiger partial charge in [0.2, 0.25) is 0 Å². The molecule has 0 fully saturated rings. The second-order valence-corrected chi connectivity index (χ2v) is 14.5. The van der Waals surface area contributed by atoms with E-state index in [2.05, 4.69) is 214 Å². The monoisotopic (exact) mass is 728 g/mol. The molecule has 268 valence electrons. The molecule has 0 saturated carbocycles. The molecule has 8 aromatic carbocycles. The van der Waals surface area contributed by atoms with Gasteiger partial charge in [0.25, 0.3) is 0 Å². The summed E-state index contributed by atoms with van der Waals surface area (Å²) in [7, 11) is 0. The normalized spacial score (nSPS) is 11.5. The zero-order valence-electron chi connectivity index (χ0n) is 31.1. The molecular formula is C53H36N4. The lowest BCUT2D eigenvalue weighted by atomic mass is 10.0. The topological polar surface area (TPSA) is 26.0 Å². The van der Waals surface area contributed by atoms with Crippen LogP contribution in [-0.4, -0.2) is 14.1 Å². The smallest absolute Gasteiger partial charge is 0.137 e. The van der Waals surface area contributed by atoms with Gasteiger partial charge in [0.1, 0.15) is 5.82 Å². The molecule has 0 bridgehead atoms. The number of fused-ring (bicyclic) bond motifs is 6. The summed E-state index contributed by atoms with van der Waals surface area (Å²) in [5.74, 6) is 0.864. The van der Waals surface area contributed by atoms with Gasteiger partial charge in [0.05, 0.1) is 22.1 Å². The molecule has 0 N–H and O–H groups in total. The third kappa shape index (κ3) is 5.58. The molecule has 0 aliphatic heterocycles. The zero-order valence-corrected chi connectivity index (χ0v) is 31.1. The molecule has 0 aliphatic rings. The third-order valence-corrected chi connectivity index (χ3v) is 11.2. The first kappa shape index (κ1) is 32.7. The summed E-state index contributed by atoms with van der Waals surface area (Å²) in [6.07, 6.45) is 1.85. The van der Waals surface area contributed by atoms with Crippen LogP contribution in [0.3, 0.4) is 0 Å². The number of hydrogen-bond acceptors (Lipinski definition) is 2. The van der Waals surface area contributed by atoms with Crippen LogP contribution in [-0.2, 0) is 0 Å². The quantitative estimate of drug-likeness (QED) is 0.163.